The zero-order valence-electron chi connectivity index (χ0n) is 9.49. The van der Waals surface area contributed by atoms with Crippen LogP contribution >= 0.6 is 0 Å². The van der Waals surface area contributed by atoms with Crippen molar-refractivity contribution < 1.29 is 4.79 Å². The van der Waals surface area contributed by atoms with Crippen LogP contribution in [-0.4, -0.2) is 30.4 Å². The molecule has 14 heavy (non-hydrogen) atoms. The van der Waals surface area contributed by atoms with E-state index in [0.29, 0.717) is 5.92 Å². The van der Waals surface area contributed by atoms with Gasteiger partial charge in [-0.15, -0.1) is 0 Å². The largest absolute Gasteiger partial charge is 0.344 e. The van der Waals surface area contributed by atoms with Crippen molar-refractivity contribution in [3.05, 3.63) is 0 Å². The molecule has 1 atom stereocenters. The Hall–Kier alpha value is -0.570. The molecule has 0 aromatic carbocycles. The van der Waals surface area contributed by atoms with Crippen molar-refractivity contribution in [2.45, 2.75) is 39.2 Å². The topological polar surface area (TPSA) is 46.3 Å². The maximum Gasteiger partial charge on any atom is 0.239 e. The predicted octanol–water partition coefficient (Wildman–Crippen LogP) is 1.23. The Balaban J connectivity index is 2.29. The van der Waals surface area contributed by atoms with Crippen LogP contribution in [0.15, 0.2) is 0 Å². The van der Waals surface area contributed by atoms with E-state index in [1.165, 1.54) is 12.8 Å². The molecule has 1 rings (SSSR count). The van der Waals surface area contributed by atoms with Gasteiger partial charge in [0.15, 0.2) is 0 Å². The summed E-state index contributed by atoms with van der Waals surface area (Å²) in [6.07, 6.45) is 3.34. The Kier molecular flexibility index (Phi) is 3.93. The summed E-state index contributed by atoms with van der Waals surface area (Å²) in [5.41, 5.74) is 5.82. The number of hydrogen-bond donors (Lipinski definition) is 1. The summed E-state index contributed by atoms with van der Waals surface area (Å²) in [5, 5.41) is 0. The second kappa shape index (κ2) is 4.78. The molecule has 1 aliphatic carbocycles. The van der Waals surface area contributed by atoms with E-state index < -0.39 is 0 Å². The third-order valence-electron chi connectivity index (χ3n) is 2.65. The van der Waals surface area contributed by atoms with Gasteiger partial charge in [-0.25, -0.2) is 0 Å². The number of rotatable bonds is 5. The van der Waals surface area contributed by atoms with Crippen LogP contribution in [0.2, 0.25) is 0 Å². The molecule has 0 spiro atoms. The fourth-order valence-electron chi connectivity index (χ4n) is 1.67. The summed E-state index contributed by atoms with van der Waals surface area (Å²) < 4.78 is 0. The van der Waals surface area contributed by atoms with E-state index in [4.69, 9.17) is 5.73 Å². The van der Waals surface area contributed by atoms with Crippen molar-refractivity contribution in [2.75, 3.05) is 13.6 Å². The lowest BCUT2D eigenvalue weighted by Crippen LogP contribution is -2.43. The molecule has 1 fully saturated rings. The van der Waals surface area contributed by atoms with E-state index in [9.17, 15) is 4.79 Å². The molecular weight excluding hydrogens is 176 g/mol. The van der Waals surface area contributed by atoms with Crippen molar-refractivity contribution >= 4 is 5.91 Å². The van der Waals surface area contributed by atoms with Crippen LogP contribution in [0.5, 0.6) is 0 Å². The molecule has 0 bridgehead atoms. The molecule has 0 aliphatic heterocycles. The van der Waals surface area contributed by atoms with Gasteiger partial charge in [0.1, 0.15) is 0 Å². The van der Waals surface area contributed by atoms with Gasteiger partial charge in [0.25, 0.3) is 0 Å². The van der Waals surface area contributed by atoms with Crippen LogP contribution in [0, 0.1) is 11.8 Å². The minimum absolute atomic E-state index is 0.102. The van der Waals surface area contributed by atoms with Crippen LogP contribution < -0.4 is 5.73 Å². The van der Waals surface area contributed by atoms with Crippen LogP contribution in [0.3, 0.4) is 0 Å². The number of amides is 1. The highest BCUT2D eigenvalue weighted by atomic mass is 16.2. The monoisotopic (exact) mass is 198 g/mol. The lowest BCUT2D eigenvalue weighted by Gasteiger charge is -2.22. The van der Waals surface area contributed by atoms with Gasteiger partial charge in [-0.3, -0.25) is 4.79 Å². The number of nitrogens with two attached hydrogens (primary N) is 1. The smallest absolute Gasteiger partial charge is 0.239 e. The average molecular weight is 198 g/mol. The van der Waals surface area contributed by atoms with Crippen LogP contribution in [-0.2, 0) is 4.79 Å². The third kappa shape index (κ3) is 3.66. The predicted molar refractivity (Wildman–Crippen MR) is 57.8 cm³/mol. The van der Waals surface area contributed by atoms with Gasteiger partial charge in [0, 0.05) is 13.6 Å². The van der Waals surface area contributed by atoms with Crippen molar-refractivity contribution in [3.8, 4) is 0 Å². The van der Waals surface area contributed by atoms with Gasteiger partial charge in [-0.05, 0) is 31.1 Å². The first-order valence-electron chi connectivity index (χ1n) is 5.51. The Morgan fingerprint density at radius 1 is 1.50 bits per heavy atom. The summed E-state index contributed by atoms with van der Waals surface area (Å²) in [6, 6.07) is -0.307. The molecule has 3 heteroatoms. The van der Waals surface area contributed by atoms with Gasteiger partial charge in [0.2, 0.25) is 5.91 Å². The Labute approximate surface area is 86.6 Å². The molecule has 1 amide bonds. The first kappa shape index (κ1) is 11.5. The molecule has 0 aromatic rings. The lowest BCUT2D eigenvalue weighted by molar-refractivity contribution is -0.131. The Bertz CT molecular complexity index is 187. The quantitative estimate of drug-likeness (QED) is 0.722. The molecule has 0 heterocycles. The SMILES string of the molecule is CC(C)CC(N)C(=O)N(C)CC1CC1. The average Bonchev–Trinajstić information content (AvgIpc) is 2.85. The summed E-state index contributed by atoms with van der Waals surface area (Å²) in [5.74, 6) is 1.34. The van der Waals surface area contributed by atoms with Gasteiger partial charge < -0.3 is 10.6 Å². The second-order valence-corrected chi connectivity index (χ2v) is 4.90. The van der Waals surface area contributed by atoms with Gasteiger partial charge in [0.05, 0.1) is 6.04 Å². The molecule has 1 unspecified atom stereocenters. The van der Waals surface area contributed by atoms with E-state index in [2.05, 4.69) is 13.8 Å². The van der Waals surface area contributed by atoms with Crippen molar-refractivity contribution in [1.29, 1.82) is 0 Å². The highest BCUT2D eigenvalue weighted by Crippen LogP contribution is 2.29. The van der Waals surface area contributed by atoms with E-state index in [0.717, 1.165) is 18.9 Å². The van der Waals surface area contributed by atoms with Crippen molar-refractivity contribution in [3.63, 3.8) is 0 Å². The minimum Gasteiger partial charge on any atom is -0.344 e. The number of likely N-dealkylation sites (N-methyl/N-ethyl adjacent to an activating group) is 1. The van der Waals surface area contributed by atoms with Gasteiger partial charge in [-0.1, -0.05) is 13.8 Å². The minimum atomic E-state index is -0.307. The summed E-state index contributed by atoms with van der Waals surface area (Å²) in [4.78, 5) is 13.5. The maximum atomic E-state index is 11.7. The highest BCUT2D eigenvalue weighted by Gasteiger charge is 2.26. The normalized spacial score (nSPS) is 18.4. The molecule has 2 N–H and O–H groups in total. The van der Waals surface area contributed by atoms with E-state index in [1.807, 2.05) is 7.05 Å². The zero-order valence-corrected chi connectivity index (χ0v) is 9.49. The fourth-order valence-corrected chi connectivity index (χ4v) is 1.67. The molecule has 3 nitrogen and oxygen atoms in total. The summed E-state index contributed by atoms with van der Waals surface area (Å²) >= 11 is 0. The summed E-state index contributed by atoms with van der Waals surface area (Å²) in [7, 11) is 1.86. The van der Waals surface area contributed by atoms with Crippen LogP contribution in [0.25, 0.3) is 0 Å². The van der Waals surface area contributed by atoms with E-state index in [1.54, 1.807) is 4.90 Å². The van der Waals surface area contributed by atoms with Crippen molar-refractivity contribution in [1.82, 2.24) is 4.90 Å². The van der Waals surface area contributed by atoms with E-state index in [-0.39, 0.29) is 11.9 Å². The van der Waals surface area contributed by atoms with Gasteiger partial charge >= 0.3 is 0 Å². The Morgan fingerprint density at radius 3 is 2.50 bits per heavy atom. The maximum absolute atomic E-state index is 11.7. The molecule has 82 valence electrons. The lowest BCUT2D eigenvalue weighted by atomic mass is 10.0. The number of hydrogen-bond acceptors (Lipinski definition) is 2. The molecule has 0 radical (unpaired) electrons. The second-order valence-electron chi connectivity index (χ2n) is 4.90. The van der Waals surface area contributed by atoms with E-state index >= 15 is 0 Å². The van der Waals surface area contributed by atoms with Gasteiger partial charge in [-0.2, -0.15) is 0 Å². The van der Waals surface area contributed by atoms with Crippen LogP contribution in [0.4, 0.5) is 0 Å². The molecule has 1 aliphatic rings. The highest BCUT2D eigenvalue weighted by molar-refractivity contribution is 5.81. The third-order valence-corrected chi connectivity index (χ3v) is 2.65. The first-order valence-corrected chi connectivity index (χ1v) is 5.51. The first-order chi connectivity index (χ1) is 6.50. The van der Waals surface area contributed by atoms with Crippen molar-refractivity contribution in [2.24, 2.45) is 17.6 Å². The molecular formula is C11H22N2O. The zero-order chi connectivity index (χ0) is 10.7. The standard InChI is InChI=1S/C11H22N2O/c1-8(2)6-10(12)11(14)13(3)7-9-4-5-9/h8-10H,4-7,12H2,1-3H3. The number of carbonyl (C=O) groups excluding carboxylic acids is 1. The van der Waals surface area contributed by atoms with Crippen LogP contribution in [0.1, 0.15) is 33.1 Å². The number of carbonyl (C=O) groups is 1. The molecule has 0 saturated heterocycles. The summed E-state index contributed by atoms with van der Waals surface area (Å²) in [6.45, 7) is 5.08. The Morgan fingerprint density at radius 2 is 2.07 bits per heavy atom. The number of nitrogens with zero attached hydrogens (tertiary/aromatic N) is 1. The fraction of sp³-hybridized carbons (Fsp3) is 0.909. The molecule has 0 aromatic heterocycles. The molecule has 1 saturated carbocycles.